The molecule has 2 heterocycles. The van der Waals surface area contributed by atoms with Crippen LogP contribution in [0.5, 0.6) is 0 Å². The number of aryl methyl sites for hydroxylation is 1. The van der Waals surface area contributed by atoms with Crippen molar-refractivity contribution in [3.8, 4) is 0 Å². The van der Waals surface area contributed by atoms with E-state index in [-0.39, 0.29) is 11.7 Å². The number of anilines is 1. The van der Waals surface area contributed by atoms with E-state index in [2.05, 4.69) is 140 Å². The summed E-state index contributed by atoms with van der Waals surface area (Å²) in [4.78, 5) is 5.44. The Labute approximate surface area is 197 Å². The van der Waals surface area contributed by atoms with Crippen LogP contribution in [0.15, 0.2) is 109 Å². The molecule has 33 heavy (non-hydrogen) atoms. The number of hydrogen-bond acceptors (Lipinski definition) is 2. The van der Waals surface area contributed by atoms with E-state index in [4.69, 9.17) is 0 Å². The lowest BCUT2D eigenvalue weighted by Crippen LogP contribution is -2.43. The summed E-state index contributed by atoms with van der Waals surface area (Å²) in [6, 6.07) is 40.6. The van der Waals surface area contributed by atoms with Crippen LogP contribution in [-0.2, 0) is 5.54 Å². The third-order valence-corrected chi connectivity index (χ3v) is 7.87. The Morgan fingerprint density at radius 3 is 2.03 bits per heavy atom. The van der Waals surface area contributed by atoms with Crippen LogP contribution in [0.4, 0.5) is 5.69 Å². The van der Waals surface area contributed by atoms with Gasteiger partial charge in [-0.3, -0.25) is 4.90 Å². The molecule has 4 atom stereocenters. The van der Waals surface area contributed by atoms with Gasteiger partial charge in [0, 0.05) is 11.7 Å². The van der Waals surface area contributed by atoms with Gasteiger partial charge in [-0.1, -0.05) is 103 Å². The summed E-state index contributed by atoms with van der Waals surface area (Å²) < 4.78 is 0. The van der Waals surface area contributed by atoms with Gasteiger partial charge in [0.05, 0.1) is 11.6 Å². The Hall–Kier alpha value is -3.36. The SMILES string of the molecule is Cc1ccccc1N1C(c2ccccc2)N2C(c3ccccc3C2(C)c2ccccc2)[C@@H]1C. The molecule has 3 unspecified atom stereocenters. The first-order chi connectivity index (χ1) is 16.1. The van der Waals surface area contributed by atoms with Crippen LogP contribution in [0.1, 0.15) is 53.9 Å². The second-order valence-corrected chi connectivity index (χ2v) is 9.60. The highest BCUT2D eigenvalue weighted by Crippen LogP contribution is 2.61. The van der Waals surface area contributed by atoms with Crippen molar-refractivity contribution in [1.82, 2.24) is 4.90 Å². The second kappa shape index (κ2) is 7.60. The zero-order chi connectivity index (χ0) is 22.6. The van der Waals surface area contributed by atoms with Gasteiger partial charge in [-0.25, -0.2) is 0 Å². The van der Waals surface area contributed by atoms with Crippen molar-refractivity contribution < 1.29 is 0 Å². The van der Waals surface area contributed by atoms with E-state index in [0.717, 1.165) is 0 Å². The molecule has 0 N–H and O–H groups in total. The van der Waals surface area contributed by atoms with Crippen molar-refractivity contribution in [2.24, 2.45) is 0 Å². The van der Waals surface area contributed by atoms with Crippen molar-refractivity contribution in [3.63, 3.8) is 0 Å². The van der Waals surface area contributed by atoms with Crippen molar-refractivity contribution in [1.29, 1.82) is 0 Å². The molecule has 0 aliphatic carbocycles. The molecular formula is C31H30N2. The van der Waals surface area contributed by atoms with Crippen molar-refractivity contribution in [2.75, 3.05) is 4.90 Å². The fourth-order valence-electron chi connectivity index (χ4n) is 6.38. The van der Waals surface area contributed by atoms with E-state index in [1.165, 1.54) is 33.5 Å². The van der Waals surface area contributed by atoms with Crippen molar-refractivity contribution in [3.05, 3.63) is 137 Å². The van der Waals surface area contributed by atoms with E-state index in [9.17, 15) is 0 Å². The van der Waals surface area contributed by atoms with E-state index in [0.29, 0.717) is 12.1 Å². The van der Waals surface area contributed by atoms with Crippen molar-refractivity contribution in [2.45, 2.75) is 44.6 Å². The number of rotatable bonds is 3. The summed E-state index contributed by atoms with van der Waals surface area (Å²) in [7, 11) is 0. The van der Waals surface area contributed by atoms with Crippen LogP contribution in [0.2, 0.25) is 0 Å². The largest absolute Gasteiger partial charge is 0.347 e. The summed E-state index contributed by atoms with van der Waals surface area (Å²) in [5, 5.41) is 0. The fourth-order valence-corrected chi connectivity index (χ4v) is 6.38. The predicted octanol–water partition coefficient (Wildman–Crippen LogP) is 7.22. The van der Waals surface area contributed by atoms with E-state index >= 15 is 0 Å². The lowest BCUT2D eigenvalue weighted by molar-refractivity contribution is 0.100. The molecule has 0 amide bonds. The molecule has 2 aliphatic rings. The highest BCUT2D eigenvalue weighted by atomic mass is 15.5. The number of fused-ring (bicyclic) bond motifs is 3. The highest BCUT2D eigenvalue weighted by molar-refractivity contribution is 5.61. The maximum Gasteiger partial charge on any atom is 0.110 e. The van der Waals surface area contributed by atoms with E-state index < -0.39 is 0 Å². The normalized spacial score (nSPS) is 26.3. The Kier molecular flexibility index (Phi) is 4.67. The van der Waals surface area contributed by atoms with Gasteiger partial charge in [0.15, 0.2) is 0 Å². The third kappa shape index (κ3) is 2.84. The standard InChI is InChI=1S/C31H30N2/c1-22-14-10-13-21-28(22)32-23(2)29-26-19-11-12-20-27(26)31(3,25-17-8-5-9-18-25)33(29)30(32)24-15-6-4-7-16-24/h4-21,23,29-30H,1-3H3/t23-,29?,30?,31?/m0/s1. The molecule has 164 valence electrons. The summed E-state index contributed by atoms with van der Waals surface area (Å²) in [6.45, 7) is 7.06. The number of para-hydroxylation sites is 1. The minimum Gasteiger partial charge on any atom is -0.347 e. The summed E-state index contributed by atoms with van der Waals surface area (Å²) in [5.41, 5.74) is 7.98. The summed E-state index contributed by atoms with van der Waals surface area (Å²) >= 11 is 0. The lowest BCUT2D eigenvalue weighted by Gasteiger charge is -2.43. The van der Waals surface area contributed by atoms with Crippen molar-refractivity contribution >= 4 is 5.69 Å². The van der Waals surface area contributed by atoms with Gasteiger partial charge in [0.25, 0.3) is 0 Å². The number of nitrogens with zero attached hydrogens (tertiary/aromatic N) is 2. The van der Waals surface area contributed by atoms with Gasteiger partial charge < -0.3 is 4.90 Å². The molecule has 2 nitrogen and oxygen atoms in total. The monoisotopic (exact) mass is 430 g/mol. The Balaban J connectivity index is 1.64. The van der Waals surface area contributed by atoms with Gasteiger partial charge in [0.2, 0.25) is 0 Å². The van der Waals surface area contributed by atoms with Crippen LogP contribution in [0, 0.1) is 6.92 Å². The van der Waals surface area contributed by atoms with Crippen LogP contribution in [-0.4, -0.2) is 10.9 Å². The molecule has 0 aromatic heterocycles. The lowest BCUT2D eigenvalue weighted by atomic mass is 9.83. The van der Waals surface area contributed by atoms with Crippen LogP contribution in [0.25, 0.3) is 0 Å². The molecule has 2 heteroatoms. The third-order valence-electron chi connectivity index (χ3n) is 7.87. The van der Waals surface area contributed by atoms with Gasteiger partial charge in [-0.2, -0.15) is 0 Å². The van der Waals surface area contributed by atoms with Crippen LogP contribution in [0.3, 0.4) is 0 Å². The quantitative estimate of drug-likeness (QED) is 0.338. The summed E-state index contributed by atoms with van der Waals surface area (Å²) in [6.07, 6.45) is 0.130. The first kappa shape index (κ1) is 20.3. The molecule has 0 spiro atoms. The molecular weight excluding hydrogens is 400 g/mol. The second-order valence-electron chi connectivity index (χ2n) is 9.60. The van der Waals surface area contributed by atoms with Gasteiger partial charge >= 0.3 is 0 Å². The Morgan fingerprint density at radius 2 is 1.30 bits per heavy atom. The van der Waals surface area contributed by atoms with Crippen LogP contribution < -0.4 is 4.90 Å². The minimum absolute atomic E-state index is 0.130. The van der Waals surface area contributed by atoms with E-state index in [1.54, 1.807) is 0 Å². The molecule has 0 radical (unpaired) electrons. The maximum atomic E-state index is 2.78. The molecule has 0 bridgehead atoms. The minimum atomic E-state index is -0.227. The van der Waals surface area contributed by atoms with Gasteiger partial charge in [-0.15, -0.1) is 0 Å². The topological polar surface area (TPSA) is 6.48 Å². The van der Waals surface area contributed by atoms with E-state index in [1.807, 2.05) is 0 Å². The first-order valence-electron chi connectivity index (χ1n) is 11.9. The molecule has 4 aromatic rings. The summed E-state index contributed by atoms with van der Waals surface area (Å²) in [5.74, 6) is 0. The Bertz CT molecular complexity index is 1280. The highest BCUT2D eigenvalue weighted by Gasteiger charge is 2.59. The molecule has 6 rings (SSSR count). The smallest absolute Gasteiger partial charge is 0.110 e. The maximum absolute atomic E-state index is 2.78. The average molecular weight is 431 g/mol. The number of benzene rings is 4. The zero-order valence-electron chi connectivity index (χ0n) is 19.5. The first-order valence-corrected chi connectivity index (χ1v) is 11.9. The molecule has 1 saturated heterocycles. The van der Waals surface area contributed by atoms with Gasteiger partial charge in [-0.05, 0) is 54.7 Å². The molecule has 2 aliphatic heterocycles. The molecule has 1 fully saturated rings. The predicted molar refractivity (Wildman–Crippen MR) is 136 cm³/mol. The van der Waals surface area contributed by atoms with Gasteiger partial charge in [0.1, 0.15) is 6.17 Å². The fraction of sp³-hybridized carbons (Fsp3) is 0.226. The molecule has 0 saturated carbocycles. The average Bonchev–Trinajstić information content (AvgIpc) is 3.32. The number of hydrogen-bond donors (Lipinski definition) is 0. The Morgan fingerprint density at radius 1 is 0.697 bits per heavy atom. The molecule has 4 aromatic carbocycles. The van der Waals surface area contributed by atoms with Crippen LogP contribution >= 0.6 is 0 Å². The zero-order valence-corrected chi connectivity index (χ0v) is 19.5.